The Morgan fingerprint density at radius 3 is 2.95 bits per heavy atom. The highest BCUT2D eigenvalue weighted by Gasteiger charge is 2.26. The molecule has 1 saturated carbocycles. The van der Waals surface area contributed by atoms with Gasteiger partial charge in [0.05, 0.1) is 0 Å². The van der Waals surface area contributed by atoms with E-state index >= 15 is 0 Å². The summed E-state index contributed by atoms with van der Waals surface area (Å²) in [5.74, 6) is 0.553. The quantitative estimate of drug-likeness (QED) is 0.837. The fourth-order valence-corrected chi connectivity index (χ4v) is 2.09. The zero-order valence-electron chi connectivity index (χ0n) is 11.0. The highest BCUT2D eigenvalue weighted by molar-refractivity contribution is 6.31. The van der Waals surface area contributed by atoms with Crippen molar-refractivity contribution in [2.45, 2.75) is 38.3 Å². The van der Waals surface area contributed by atoms with Gasteiger partial charge in [-0.15, -0.1) is 0 Å². The fourth-order valence-electron chi connectivity index (χ4n) is 1.83. The van der Waals surface area contributed by atoms with Gasteiger partial charge < -0.3 is 15.8 Å². The van der Waals surface area contributed by atoms with Crippen LogP contribution in [-0.2, 0) is 11.2 Å². The number of hydrogen-bond donors (Lipinski definition) is 2. The molecule has 1 aliphatic rings. The number of nitrogens with two attached hydrogens (primary N) is 1. The molecular formula is C14H19ClN2O2. The lowest BCUT2D eigenvalue weighted by Crippen LogP contribution is -2.37. The SMILES string of the molecule is CC(Oc1cccc(Cl)c1CCN)C(=O)NC1CC1. The van der Waals surface area contributed by atoms with E-state index in [9.17, 15) is 4.79 Å². The molecule has 0 bridgehead atoms. The lowest BCUT2D eigenvalue weighted by molar-refractivity contribution is -0.127. The van der Waals surface area contributed by atoms with Crippen molar-refractivity contribution in [1.82, 2.24) is 5.32 Å². The average molecular weight is 283 g/mol. The van der Waals surface area contributed by atoms with E-state index in [0.29, 0.717) is 29.8 Å². The van der Waals surface area contributed by atoms with Crippen LogP contribution in [0.3, 0.4) is 0 Å². The molecule has 1 atom stereocenters. The number of carbonyl (C=O) groups excluding carboxylic acids is 1. The number of benzene rings is 1. The molecule has 3 N–H and O–H groups in total. The third kappa shape index (κ3) is 3.85. The van der Waals surface area contributed by atoms with Gasteiger partial charge in [0.1, 0.15) is 5.75 Å². The molecule has 19 heavy (non-hydrogen) atoms. The van der Waals surface area contributed by atoms with Gasteiger partial charge in [-0.3, -0.25) is 4.79 Å². The van der Waals surface area contributed by atoms with Crippen molar-refractivity contribution < 1.29 is 9.53 Å². The molecule has 4 nitrogen and oxygen atoms in total. The number of hydrogen-bond acceptors (Lipinski definition) is 3. The van der Waals surface area contributed by atoms with E-state index < -0.39 is 6.10 Å². The molecule has 1 aromatic rings. The molecule has 1 aliphatic carbocycles. The molecule has 5 heteroatoms. The number of carbonyl (C=O) groups is 1. The van der Waals surface area contributed by atoms with Crippen molar-refractivity contribution in [3.8, 4) is 5.75 Å². The van der Waals surface area contributed by atoms with Gasteiger partial charge in [-0.1, -0.05) is 17.7 Å². The van der Waals surface area contributed by atoms with Gasteiger partial charge in [-0.25, -0.2) is 0 Å². The number of rotatable bonds is 6. The molecule has 104 valence electrons. The number of nitrogens with one attached hydrogen (secondary N) is 1. The van der Waals surface area contributed by atoms with Crippen LogP contribution in [0.1, 0.15) is 25.3 Å². The molecule has 1 aromatic carbocycles. The van der Waals surface area contributed by atoms with E-state index in [1.165, 1.54) is 0 Å². The van der Waals surface area contributed by atoms with Crippen LogP contribution in [0.15, 0.2) is 18.2 Å². The number of amides is 1. The molecule has 0 radical (unpaired) electrons. The molecule has 0 heterocycles. The van der Waals surface area contributed by atoms with Crippen LogP contribution in [-0.4, -0.2) is 24.6 Å². The minimum absolute atomic E-state index is 0.0822. The first-order chi connectivity index (χ1) is 9.11. The minimum atomic E-state index is -0.532. The normalized spacial score (nSPS) is 15.9. The smallest absolute Gasteiger partial charge is 0.260 e. The van der Waals surface area contributed by atoms with Crippen molar-refractivity contribution >= 4 is 17.5 Å². The van der Waals surface area contributed by atoms with Crippen LogP contribution in [0.4, 0.5) is 0 Å². The van der Waals surface area contributed by atoms with Gasteiger partial charge in [-0.2, -0.15) is 0 Å². The molecule has 1 amide bonds. The maximum Gasteiger partial charge on any atom is 0.260 e. The van der Waals surface area contributed by atoms with E-state index in [2.05, 4.69) is 5.32 Å². The lowest BCUT2D eigenvalue weighted by Gasteiger charge is -2.17. The summed E-state index contributed by atoms with van der Waals surface area (Å²) < 4.78 is 5.72. The van der Waals surface area contributed by atoms with Crippen LogP contribution in [0.2, 0.25) is 5.02 Å². The van der Waals surface area contributed by atoms with Crippen molar-refractivity contribution in [2.75, 3.05) is 6.54 Å². The van der Waals surface area contributed by atoms with E-state index in [0.717, 1.165) is 18.4 Å². The summed E-state index contributed by atoms with van der Waals surface area (Å²) in [7, 11) is 0. The maximum absolute atomic E-state index is 11.9. The predicted molar refractivity (Wildman–Crippen MR) is 75.5 cm³/mol. The van der Waals surface area contributed by atoms with Crippen LogP contribution in [0.5, 0.6) is 5.75 Å². The third-order valence-corrected chi connectivity index (χ3v) is 3.42. The van der Waals surface area contributed by atoms with Crippen molar-refractivity contribution in [1.29, 1.82) is 0 Å². The maximum atomic E-state index is 11.9. The predicted octanol–water partition coefficient (Wildman–Crippen LogP) is 1.89. The summed E-state index contributed by atoms with van der Waals surface area (Å²) in [5, 5.41) is 3.54. The largest absolute Gasteiger partial charge is 0.481 e. The Morgan fingerprint density at radius 1 is 1.58 bits per heavy atom. The second-order valence-electron chi connectivity index (χ2n) is 4.80. The summed E-state index contributed by atoms with van der Waals surface area (Å²) >= 11 is 6.13. The molecule has 0 aromatic heterocycles. The summed E-state index contributed by atoms with van der Waals surface area (Å²) in [4.78, 5) is 11.9. The molecular weight excluding hydrogens is 264 g/mol. The van der Waals surface area contributed by atoms with Gasteiger partial charge in [0, 0.05) is 16.6 Å². The van der Waals surface area contributed by atoms with Crippen LogP contribution in [0.25, 0.3) is 0 Å². The number of halogens is 1. The van der Waals surface area contributed by atoms with E-state index in [1.807, 2.05) is 12.1 Å². The Hall–Kier alpha value is -1.26. The first-order valence-electron chi connectivity index (χ1n) is 6.56. The summed E-state index contributed by atoms with van der Waals surface area (Å²) in [5.41, 5.74) is 6.43. The zero-order valence-corrected chi connectivity index (χ0v) is 11.7. The molecule has 1 fully saturated rings. The first-order valence-corrected chi connectivity index (χ1v) is 6.94. The van der Waals surface area contributed by atoms with Gasteiger partial charge in [-0.05, 0) is 44.9 Å². The Bertz CT molecular complexity index is 461. The molecule has 0 spiro atoms. The van der Waals surface area contributed by atoms with Crippen LogP contribution >= 0.6 is 11.6 Å². The Labute approximate surface area is 118 Å². The van der Waals surface area contributed by atoms with Crippen molar-refractivity contribution in [2.24, 2.45) is 5.73 Å². The average Bonchev–Trinajstić information content (AvgIpc) is 3.17. The Kier molecular flexibility index (Phi) is 4.66. The molecule has 0 saturated heterocycles. The molecule has 2 rings (SSSR count). The topological polar surface area (TPSA) is 64.3 Å². The number of ether oxygens (including phenoxy) is 1. The van der Waals surface area contributed by atoms with E-state index in [-0.39, 0.29) is 5.91 Å². The summed E-state index contributed by atoms with van der Waals surface area (Å²) in [6, 6.07) is 5.76. The van der Waals surface area contributed by atoms with Crippen molar-refractivity contribution in [3.63, 3.8) is 0 Å². The van der Waals surface area contributed by atoms with Gasteiger partial charge in [0.15, 0.2) is 6.10 Å². The van der Waals surface area contributed by atoms with Gasteiger partial charge in [0.2, 0.25) is 0 Å². The standard InChI is InChI=1S/C14H19ClN2O2/c1-9(14(18)17-10-5-6-10)19-13-4-2-3-12(15)11(13)7-8-16/h2-4,9-10H,5-8,16H2,1H3,(H,17,18). The zero-order chi connectivity index (χ0) is 13.8. The lowest BCUT2D eigenvalue weighted by atomic mass is 10.1. The van der Waals surface area contributed by atoms with Gasteiger partial charge >= 0.3 is 0 Å². The van der Waals surface area contributed by atoms with Crippen LogP contribution in [0, 0.1) is 0 Å². The van der Waals surface area contributed by atoms with Crippen molar-refractivity contribution in [3.05, 3.63) is 28.8 Å². The third-order valence-electron chi connectivity index (χ3n) is 3.07. The van der Waals surface area contributed by atoms with E-state index in [4.69, 9.17) is 22.1 Å². The fraction of sp³-hybridized carbons (Fsp3) is 0.500. The van der Waals surface area contributed by atoms with E-state index in [1.54, 1.807) is 13.0 Å². The molecule has 1 unspecified atom stereocenters. The highest BCUT2D eigenvalue weighted by atomic mass is 35.5. The minimum Gasteiger partial charge on any atom is -0.481 e. The van der Waals surface area contributed by atoms with Crippen LogP contribution < -0.4 is 15.8 Å². The molecule has 0 aliphatic heterocycles. The second kappa shape index (κ2) is 6.26. The highest BCUT2D eigenvalue weighted by Crippen LogP contribution is 2.27. The monoisotopic (exact) mass is 282 g/mol. The Balaban J connectivity index is 2.04. The summed E-state index contributed by atoms with van der Waals surface area (Å²) in [6.45, 7) is 2.23. The first kappa shape index (κ1) is 14.2. The summed E-state index contributed by atoms with van der Waals surface area (Å²) in [6.07, 6.45) is 2.23. The second-order valence-corrected chi connectivity index (χ2v) is 5.21. The van der Waals surface area contributed by atoms with Gasteiger partial charge in [0.25, 0.3) is 5.91 Å². The Morgan fingerprint density at radius 2 is 2.32 bits per heavy atom.